The van der Waals surface area contributed by atoms with Gasteiger partial charge in [-0.1, -0.05) is 0 Å². The molecule has 0 unspecified atom stereocenters. The Morgan fingerprint density at radius 3 is 2.61 bits per heavy atom. The first-order valence-corrected chi connectivity index (χ1v) is 8.47. The molecule has 1 amide bonds. The predicted molar refractivity (Wildman–Crippen MR) is 91.7 cm³/mol. The van der Waals surface area contributed by atoms with E-state index in [1.54, 1.807) is 6.07 Å². The normalized spacial score (nSPS) is 19.0. The number of morpholine rings is 1. The standard InChI is InChI=1S/C17H26N4O2/c18-15-13-14(17(22)21-6-1-2-7-21)3-4-16(15)19-5-8-20-9-11-23-12-10-20/h3-4,13,19H,1-2,5-12,18H2. The van der Waals surface area contributed by atoms with Crippen molar-refractivity contribution in [2.75, 3.05) is 63.5 Å². The third kappa shape index (κ3) is 4.14. The summed E-state index contributed by atoms with van der Waals surface area (Å²) in [6, 6.07) is 5.57. The fraction of sp³-hybridized carbons (Fsp3) is 0.588. The van der Waals surface area contributed by atoms with Gasteiger partial charge in [-0.2, -0.15) is 0 Å². The van der Waals surface area contributed by atoms with Crippen LogP contribution in [0.25, 0.3) is 0 Å². The molecule has 6 nitrogen and oxygen atoms in total. The molecular formula is C17H26N4O2. The maximum atomic E-state index is 12.4. The van der Waals surface area contributed by atoms with Crippen molar-refractivity contribution in [1.29, 1.82) is 0 Å². The van der Waals surface area contributed by atoms with Crippen molar-refractivity contribution in [2.45, 2.75) is 12.8 Å². The Hall–Kier alpha value is -1.79. The van der Waals surface area contributed by atoms with Crippen LogP contribution < -0.4 is 11.1 Å². The number of anilines is 2. The van der Waals surface area contributed by atoms with Crippen molar-refractivity contribution in [3.63, 3.8) is 0 Å². The van der Waals surface area contributed by atoms with Gasteiger partial charge in [-0.15, -0.1) is 0 Å². The number of nitrogens with two attached hydrogens (primary N) is 1. The molecule has 0 radical (unpaired) electrons. The van der Waals surface area contributed by atoms with Crippen LogP contribution in [0.2, 0.25) is 0 Å². The quantitative estimate of drug-likeness (QED) is 0.800. The van der Waals surface area contributed by atoms with E-state index in [9.17, 15) is 4.79 Å². The van der Waals surface area contributed by atoms with E-state index >= 15 is 0 Å². The van der Waals surface area contributed by atoms with Crippen LogP contribution in [-0.4, -0.2) is 68.2 Å². The SMILES string of the molecule is Nc1cc(C(=O)N2CCCC2)ccc1NCCN1CCOCC1. The second-order valence-corrected chi connectivity index (χ2v) is 6.18. The number of likely N-dealkylation sites (tertiary alicyclic amines) is 1. The molecule has 2 aliphatic heterocycles. The topological polar surface area (TPSA) is 70.8 Å². The van der Waals surface area contributed by atoms with Crippen LogP contribution in [0.15, 0.2) is 18.2 Å². The molecule has 2 aliphatic rings. The van der Waals surface area contributed by atoms with Gasteiger partial charge in [0.05, 0.1) is 24.6 Å². The largest absolute Gasteiger partial charge is 0.397 e. The lowest BCUT2D eigenvalue weighted by molar-refractivity contribution is 0.0398. The smallest absolute Gasteiger partial charge is 0.253 e. The van der Waals surface area contributed by atoms with Gasteiger partial charge in [-0.05, 0) is 31.0 Å². The summed E-state index contributed by atoms with van der Waals surface area (Å²) in [7, 11) is 0. The summed E-state index contributed by atoms with van der Waals surface area (Å²) < 4.78 is 5.34. The molecule has 0 aromatic heterocycles. The molecule has 23 heavy (non-hydrogen) atoms. The molecule has 0 bridgehead atoms. The number of hydrogen-bond acceptors (Lipinski definition) is 5. The zero-order valence-corrected chi connectivity index (χ0v) is 13.6. The fourth-order valence-corrected chi connectivity index (χ4v) is 3.13. The number of hydrogen-bond donors (Lipinski definition) is 2. The number of benzene rings is 1. The molecule has 1 aromatic rings. The Morgan fingerprint density at radius 1 is 1.17 bits per heavy atom. The monoisotopic (exact) mass is 318 g/mol. The summed E-state index contributed by atoms with van der Waals surface area (Å²) in [4.78, 5) is 16.6. The van der Waals surface area contributed by atoms with Crippen LogP contribution in [0.4, 0.5) is 11.4 Å². The third-order valence-corrected chi connectivity index (χ3v) is 4.54. The lowest BCUT2D eigenvalue weighted by Gasteiger charge is -2.26. The molecule has 3 N–H and O–H groups in total. The third-order valence-electron chi connectivity index (χ3n) is 4.54. The van der Waals surface area contributed by atoms with E-state index in [1.165, 1.54) is 0 Å². The summed E-state index contributed by atoms with van der Waals surface area (Å²) in [6.45, 7) is 7.13. The highest BCUT2D eigenvalue weighted by Crippen LogP contribution is 2.22. The molecule has 0 atom stereocenters. The first-order valence-electron chi connectivity index (χ1n) is 8.47. The number of nitrogen functional groups attached to an aromatic ring is 1. The lowest BCUT2D eigenvalue weighted by atomic mass is 10.1. The average molecular weight is 318 g/mol. The van der Waals surface area contributed by atoms with Crippen LogP contribution in [0.3, 0.4) is 0 Å². The van der Waals surface area contributed by atoms with Crippen LogP contribution in [0, 0.1) is 0 Å². The first kappa shape index (κ1) is 16.1. The van der Waals surface area contributed by atoms with E-state index in [2.05, 4.69) is 10.2 Å². The van der Waals surface area contributed by atoms with E-state index in [1.807, 2.05) is 17.0 Å². The van der Waals surface area contributed by atoms with Crippen LogP contribution >= 0.6 is 0 Å². The zero-order valence-electron chi connectivity index (χ0n) is 13.6. The van der Waals surface area contributed by atoms with Crippen molar-refractivity contribution >= 4 is 17.3 Å². The van der Waals surface area contributed by atoms with Crippen molar-refractivity contribution < 1.29 is 9.53 Å². The first-order chi connectivity index (χ1) is 11.2. The van der Waals surface area contributed by atoms with Crippen molar-refractivity contribution in [1.82, 2.24) is 9.80 Å². The number of nitrogens with zero attached hydrogens (tertiary/aromatic N) is 2. The van der Waals surface area contributed by atoms with Gasteiger partial charge in [-0.3, -0.25) is 9.69 Å². The summed E-state index contributed by atoms with van der Waals surface area (Å²) in [5.74, 6) is 0.0917. The molecule has 0 aliphatic carbocycles. The van der Waals surface area contributed by atoms with Gasteiger partial charge in [-0.25, -0.2) is 0 Å². The summed E-state index contributed by atoms with van der Waals surface area (Å²) in [6.07, 6.45) is 2.20. The van der Waals surface area contributed by atoms with Gasteiger partial charge in [0.15, 0.2) is 0 Å². The number of carbonyl (C=O) groups is 1. The summed E-state index contributed by atoms with van der Waals surface area (Å²) in [5, 5.41) is 3.36. The molecule has 1 aromatic carbocycles. The van der Waals surface area contributed by atoms with Gasteiger partial charge in [0, 0.05) is 44.8 Å². The number of carbonyl (C=O) groups excluding carboxylic acids is 1. The van der Waals surface area contributed by atoms with Gasteiger partial charge in [0.2, 0.25) is 0 Å². The van der Waals surface area contributed by atoms with E-state index in [4.69, 9.17) is 10.5 Å². The average Bonchev–Trinajstić information content (AvgIpc) is 3.11. The van der Waals surface area contributed by atoms with Gasteiger partial charge >= 0.3 is 0 Å². The molecule has 3 rings (SSSR count). The van der Waals surface area contributed by atoms with Gasteiger partial charge in [0.25, 0.3) is 5.91 Å². The van der Waals surface area contributed by atoms with E-state index in [0.29, 0.717) is 11.3 Å². The maximum absolute atomic E-state index is 12.4. The predicted octanol–water partition coefficient (Wildman–Crippen LogP) is 1.25. The second kappa shape index (κ2) is 7.66. The molecule has 126 valence electrons. The van der Waals surface area contributed by atoms with Crippen LogP contribution in [0.1, 0.15) is 23.2 Å². The minimum absolute atomic E-state index is 0.0917. The van der Waals surface area contributed by atoms with Crippen molar-refractivity contribution in [3.05, 3.63) is 23.8 Å². The van der Waals surface area contributed by atoms with Crippen LogP contribution in [-0.2, 0) is 4.74 Å². The zero-order chi connectivity index (χ0) is 16.1. The number of ether oxygens (including phenoxy) is 1. The Bertz CT molecular complexity index is 537. The Morgan fingerprint density at radius 2 is 1.91 bits per heavy atom. The van der Waals surface area contributed by atoms with Gasteiger partial charge < -0.3 is 20.7 Å². The number of amides is 1. The number of nitrogens with one attached hydrogen (secondary N) is 1. The molecule has 0 saturated carbocycles. The minimum atomic E-state index is 0.0917. The van der Waals surface area contributed by atoms with E-state index < -0.39 is 0 Å². The van der Waals surface area contributed by atoms with Crippen LogP contribution in [0.5, 0.6) is 0 Å². The molecule has 2 heterocycles. The Balaban J connectivity index is 1.53. The Kier molecular flexibility index (Phi) is 5.35. The highest BCUT2D eigenvalue weighted by atomic mass is 16.5. The molecule has 2 fully saturated rings. The summed E-state index contributed by atoms with van der Waals surface area (Å²) >= 11 is 0. The molecular weight excluding hydrogens is 292 g/mol. The van der Waals surface area contributed by atoms with E-state index in [-0.39, 0.29) is 5.91 Å². The van der Waals surface area contributed by atoms with Gasteiger partial charge in [0.1, 0.15) is 0 Å². The minimum Gasteiger partial charge on any atom is -0.397 e. The highest BCUT2D eigenvalue weighted by Gasteiger charge is 2.20. The Labute approximate surface area is 137 Å². The highest BCUT2D eigenvalue weighted by molar-refractivity contribution is 5.96. The van der Waals surface area contributed by atoms with Crippen molar-refractivity contribution in [2.24, 2.45) is 0 Å². The van der Waals surface area contributed by atoms with Crippen molar-refractivity contribution in [3.8, 4) is 0 Å². The summed E-state index contributed by atoms with van der Waals surface area (Å²) in [5.41, 5.74) is 8.33. The molecule has 0 spiro atoms. The second-order valence-electron chi connectivity index (χ2n) is 6.18. The molecule has 2 saturated heterocycles. The maximum Gasteiger partial charge on any atom is 0.253 e. The molecule has 6 heteroatoms. The lowest BCUT2D eigenvalue weighted by Crippen LogP contribution is -2.39. The fourth-order valence-electron chi connectivity index (χ4n) is 3.13. The van der Waals surface area contributed by atoms with E-state index in [0.717, 1.165) is 71.0 Å². The number of rotatable bonds is 5.